The van der Waals surface area contributed by atoms with E-state index in [-0.39, 0.29) is 6.17 Å². The standard InChI is InChI=1S/C40H32N4S/c1-40(41,29-14-6-3-7-15-29)43-39(28-12-4-2-5-13-28)42-26-27-20-22-30(23-21-27)44-34-18-10-8-17-33(34)37-35(44)25-24-32-31-16-9-11-19-36(31)45-38(32)37/h2-26,39,43H,41H2,1H3/b42-26+. The van der Waals surface area contributed by atoms with Gasteiger partial charge in [-0.1, -0.05) is 115 Å². The van der Waals surface area contributed by atoms with Gasteiger partial charge in [0.25, 0.3) is 0 Å². The molecule has 0 aliphatic carbocycles. The first kappa shape index (κ1) is 27.5. The quantitative estimate of drug-likeness (QED) is 0.141. The summed E-state index contributed by atoms with van der Waals surface area (Å²) in [6.45, 7) is 1.99. The van der Waals surface area contributed by atoms with Crippen molar-refractivity contribution in [2.45, 2.75) is 18.8 Å². The topological polar surface area (TPSA) is 55.3 Å². The zero-order chi connectivity index (χ0) is 30.4. The molecule has 0 amide bonds. The van der Waals surface area contributed by atoms with Crippen LogP contribution in [-0.2, 0) is 5.66 Å². The summed E-state index contributed by atoms with van der Waals surface area (Å²) in [5.41, 5.74) is 12.6. The van der Waals surface area contributed by atoms with Gasteiger partial charge in [0, 0.05) is 42.8 Å². The molecule has 0 aliphatic rings. The molecule has 0 saturated heterocycles. The summed E-state index contributed by atoms with van der Waals surface area (Å²) in [4.78, 5) is 5.00. The van der Waals surface area contributed by atoms with Gasteiger partial charge in [-0.25, -0.2) is 0 Å². The Bertz CT molecular complexity index is 2310. The molecule has 8 rings (SSSR count). The van der Waals surface area contributed by atoms with E-state index >= 15 is 0 Å². The molecule has 2 aromatic heterocycles. The average molecular weight is 601 g/mol. The zero-order valence-electron chi connectivity index (χ0n) is 24.9. The zero-order valence-corrected chi connectivity index (χ0v) is 25.7. The van der Waals surface area contributed by atoms with E-state index in [1.165, 1.54) is 42.0 Å². The highest BCUT2D eigenvalue weighted by molar-refractivity contribution is 7.26. The highest BCUT2D eigenvalue weighted by Crippen LogP contribution is 2.43. The molecule has 5 heteroatoms. The largest absolute Gasteiger partial charge is 0.310 e. The molecular weight excluding hydrogens is 569 g/mol. The third-order valence-electron chi connectivity index (χ3n) is 8.63. The van der Waals surface area contributed by atoms with Crippen LogP contribution in [0.3, 0.4) is 0 Å². The highest BCUT2D eigenvalue weighted by atomic mass is 32.1. The Hall–Kier alpha value is -5.07. The molecule has 8 aromatic rings. The number of nitrogens with one attached hydrogen (secondary N) is 1. The highest BCUT2D eigenvalue weighted by Gasteiger charge is 2.25. The predicted octanol–water partition coefficient (Wildman–Crippen LogP) is 9.69. The van der Waals surface area contributed by atoms with Crippen molar-refractivity contribution in [2.75, 3.05) is 0 Å². The second-order valence-corrected chi connectivity index (χ2v) is 12.7. The number of nitrogens with two attached hydrogens (primary N) is 1. The van der Waals surface area contributed by atoms with E-state index in [1.807, 2.05) is 73.0 Å². The Kier molecular flexibility index (Phi) is 6.80. The molecule has 0 radical (unpaired) electrons. The third kappa shape index (κ3) is 4.92. The molecule has 0 spiro atoms. The molecule has 45 heavy (non-hydrogen) atoms. The minimum atomic E-state index is -0.765. The van der Waals surface area contributed by atoms with Gasteiger partial charge in [0.05, 0.1) is 16.7 Å². The molecular formula is C40H32N4S. The number of rotatable bonds is 7. The molecule has 2 heterocycles. The molecule has 0 aliphatic heterocycles. The van der Waals surface area contributed by atoms with Crippen LogP contribution < -0.4 is 11.1 Å². The fourth-order valence-corrected chi connectivity index (χ4v) is 7.64. The van der Waals surface area contributed by atoms with Crippen molar-refractivity contribution in [1.82, 2.24) is 9.88 Å². The Balaban J connectivity index is 1.17. The van der Waals surface area contributed by atoms with Gasteiger partial charge >= 0.3 is 0 Å². The SMILES string of the molecule is CC(N)(NC(/N=C/c1ccc(-n2c3ccccc3c3c4sc5ccccc5c4ccc32)cc1)c1ccccc1)c1ccccc1. The second kappa shape index (κ2) is 11.1. The lowest BCUT2D eigenvalue weighted by Crippen LogP contribution is -2.49. The van der Waals surface area contributed by atoms with Gasteiger partial charge in [-0.15, -0.1) is 11.3 Å². The van der Waals surface area contributed by atoms with Crippen molar-refractivity contribution in [2.24, 2.45) is 10.7 Å². The van der Waals surface area contributed by atoms with Crippen LogP contribution in [0.15, 0.2) is 151 Å². The summed E-state index contributed by atoms with van der Waals surface area (Å²) >= 11 is 1.88. The first-order valence-corrected chi connectivity index (χ1v) is 16.0. The summed E-state index contributed by atoms with van der Waals surface area (Å²) in [6.07, 6.45) is 1.62. The summed E-state index contributed by atoms with van der Waals surface area (Å²) < 4.78 is 5.04. The number of thiophene rings is 1. The van der Waals surface area contributed by atoms with Crippen LogP contribution in [0.25, 0.3) is 47.7 Å². The van der Waals surface area contributed by atoms with Crippen LogP contribution in [-0.4, -0.2) is 10.8 Å². The Labute approximate surface area is 266 Å². The van der Waals surface area contributed by atoms with Gasteiger partial charge in [-0.05, 0) is 53.9 Å². The van der Waals surface area contributed by atoms with Gasteiger partial charge in [0.1, 0.15) is 6.17 Å². The van der Waals surface area contributed by atoms with Crippen LogP contribution in [0.5, 0.6) is 0 Å². The number of aromatic nitrogens is 1. The lowest BCUT2D eigenvalue weighted by Gasteiger charge is -2.30. The van der Waals surface area contributed by atoms with Crippen molar-refractivity contribution in [1.29, 1.82) is 0 Å². The lowest BCUT2D eigenvalue weighted by atomic mass is 10.0. The second-order valence-electron chi connectivity index (χ2n) is 11.7. The Morgan fingerprint density at radius 3 is 2.13 bits per heavy atom. The number of nitrogens with zero attached hydrogens (tertiary/aromatic N) is 2. The van der Waals surface area contributed by atoms with E-state index in [0.29, 0.717) is 0 Å². The van der Waals surface area contributed by atoms with E-state index in [1.54, 1.807) is 0 Å². The van der Waals surface area contributed by atoms with Gasteiger partial charge in [0.15, 0.2) is 0 Å². The number of para-hydroxylation sites is 1. The summed E-state index contributed by atoms with van der Waals surface area (Å²) in [7, 11) is 0. The predicted molar refractivity (Wildman–Crippen MR) is 192 cm³/mol. The van der Waals surface area contributed by atoms with Crippen molar-refractivity contribution >= 4 is 59.5 Å². The van der Waals surface area contributed by atoms with Crippen molar-refractivity contribution in [3.63, 3.8) is 0 Å². The molecule has 0 saturated carbocycles. The summed E-state index contributed by atoms with van der Waals surface area (Å²) in [5.74, 6) is 0. The van der Waals surface area contributed by atoms with Crippen molar-refractivity contribution in [3.05, 3.63) is 162 Å². The molecule has 3 N–H and O–H groups in total. The molecule has 2 unspecified atom stereocenters. The van der Waals surface area contributed by atoms with E-state index in [4.69, 9.17) is 10.7 Å². The minimum absolute atomic E-state index is 0.317. The number of hydrogen-bond acceptors (Lipinski definition) is 4. The summed E-state index contributed by atoms with van der Waals surface area (Å²) in [6, 6.07) is 51.0. The number of aliphatic imine (C=N–C) groups is 1. The van der Waals surface area contributed by atoms with E-state index in [2.05, 4.69) is 107 Å². The molecule has 218 valence electrons. The molecule has 6 aromatic carbocycles. The number of fused-ring (bicyclic) bond motifs is 7. The van der Waals surface area contributed by atoms with Gasteiger partial charge in [0.2, 0.25) is 0 Å². The van der Waals surface area contributed by atoms with Crippen LogP contribution in [0.2, 0.25) is 0 Å². The van der Waals surface area contributed by atoms with E-state index < -0.39 is 5.66 Å². The third-order valence-corrected chi connectivity index (χ3v) is 9.83. The maximum atomic E-state index is 6.78. The Morgan fingerprint density at radius 2 is 1.36 bits per heavy atom. The van der Waals surface area contributed by atoms with Crippen LogP contribution in [0.4, 0.5) is 0 Å². The first-order chi connectivity index (χ1) is 22.1. The molecule has 2 atom stereocenters. The lowest BCUT2D eigenvalue weighted by molar-refractivity contribution is 0.332. The fraction of sp³-hybridized carbons (Fsp3) is 0.0750. The van der Waals surface area contributed by atoms with Crippen molar-refractivity contribution in [3.8, 4) is 5.69 Å². The molecule has 0 bridgehead atoms. The first-order valence-electron chi connectivity index (χ1n) is 15.2. The van der Waals surface area contributed by atoms with Crippen LogP contribution in [0.1, 0.15) is 29.8 Å². The fourth-order valence-electron chi connectivity index (χ4n) is 6.38. The Morgan fingerprint density at radius 1 is 0.689 bits per heavy atom. The van der Waals surface area contributed by atoms with E-state index in [9.17, 15) is 0 Å². The molecule has 4 nitrogen and oxygen atoms in total. The smallest absolute Gasteiger partial charge is 0.127 e. The molecule has 0 fully saturated rings. The average Bonchev–Trinajstić information content (AvgIpc) is 3.63. The number of benzene rings is 6. The minimum Gasteiger partial charge on any atom is -0.310 e. The monoisotopic (exact) mass is 600 g/mol. The maximum Gasteiger partial charge on any atom is 0.127 e. The maximum absolute atomic E-state index is 6.78. The van der Waals surface area contributed by atoms with Gasteiger partial charge in [-0.2, -0.15) is 0 Å². The van der Waals surface area contributed by atoms with Crippen molar-refractivity contribution < 1.29 is 0 Å². The summed E-state index contributed by atoms with van der Waals surface area (Å²) in [5, 5.41) is 8.80. The van der Waals surface area contributed by atoms with Gasteiger partial charge in [-0.3, -0.25) is 10.3 Å². The number of hydrogen-bond donors (Lipinski definition) is 2. The normalized spacial score (nSPS) is 14.1. The van der Waals surface area contributed by atoms with E-state index in [0.717, 1.165) is 22.4 Å². The van der Waals surface area contributed by atoms with Crippen LogP contribution in [0, 0.1) is 0 Å². The van der Waals surface area contributed by atoms with Crippen LogP contribution >= 0.6 is 11.3 Å². The van der Waals surface area contributed by atoms with Gasteiger partial charge < -0.3 is 10.3 Å².